The Balaban J connectivity index is 2.24. The number of amides is 3. The smallest absolute Gasteiger partial charge is 0.321 e. The predicted molar refractivity (Wildman–Crippen MR) is 63.4 cm³/mol. The van der Waals surface area contributed by atoms with Crippen molar-refractivity contribution < 1.29 is 9.59 Å². The maximum atomic E-state index is 11.4. The summed E-state index contributed by atoms with van der Waals surface area (Å²) >= 11 is 5.40. The van der Waals surface area contributed by atoms with E-state index < -0.39 is 6.03 Å². The third-order valence-corrected chi connectivity index (χ3v) is 3.23. The Morgan fingerprint density at radius 3 is 2.56 bits per heavy atom. The van der Waals surface area contributed by atoms with Gasteiger partial charge in [0, 0.05) is 18.3 Å². The normalized spacial score (nSPS) is 18.1. The second kappa shape index (κ2) is 6.74. The lowest BCUT2D eigenvalue weighted by Crippen LogP contribution is -2.45. The van der Waals surface area contributed by atoms with Gasteiger partial charge in [-0.15, -0.1) is 11.6 Å². The number of hydrogen-bond acceptors (Lipinski definition) is 2. The standard InChI is InChI=1S/C11H19ClN2O2/c1-8(9-4-2-3-5-9)13-11(16)14-10(15)6-7-12/h8-9H,2-7H2,1H3,(H2,13,14,15,16). The summed E-state index contributed by atoms with van der Waals surface area (Å²) in [6, 6.07) is -0.277. The van der Waals surface area contributed by atoms with Crippen molar-refractivity contribution in [3.05, 3.63) is 0 Å². The van der Waals surface area contributed by atoms with Gasteiger partial charge in [-0.3, -0.25) is 10.1 Å². The Labute approximate surface area is 101 Å². The van der Waals surface area contributed by atoms with Crippen molar-refractivity contribution in [3.63, 3.8) is 0 Å². The van der Waals surface area contributed by atoms with Crippen molar-refractivity contribution in [1.82, 2.24) is 10.6 Å². The average molecular weight is 247 g/mol. The maximum Gasteiger partial charge on any atom is 0.321 e. The van der Waals surface area contributed by atoms with Gasteiger partial charge in [0.2, 0.25) is 5.91 Å². The molecule has 0 aromatic carbocycles. The second-order valence-electron chi connectivity index (χ2n) is 4.29. The van der Waals surface area contributed by atoms with E-state index in [1.807, 2.05) is 6.92 Å². The van der Waals surface area contributed by atoms with Crippen LogP contribution in [0.25, 0.3) is 0 Å². The van der Waals surface area contributed by atoms with Crippen molar-refractivity contribution in [2.24, 2.45) is 5.92 Å². The molecule has 1 saturated carbocycles. The number of carbonyl (C=O) groups excluding carboxylic acids is 2. The minimum atomic E-state index is -0.408. The first-order valence-corrected chi connectivity index (χ1v) is 6.33. The lowest BCUT2D eigenvalue weighted by molar-refractivity contribution is -0.119. The van der Waals surface area contributed by atoms with Crippen LogP contribution < -0.4 is 10.6 Å². The van der Waals surface area contributed by atoms with Gasteiger partial charge in [0.25, 0.3) is 0 Å². The van der Waals surface area contributed by atoms with Crippen LogP contribution in [0, 0.1) is 5.92 Å². The van der Waals surface area contributed by atoms with Crippen molar-refractivity contribution in [2.45, 2.75) is 45.1 Å². The Kier molecular flexibility index (Phi) is 5.60. The highest BCUT2D eigenvalue weighted by Crippen LogP contribution is 2.27. The van der Waals surface area contributed by atoms with Gasteiger partial charge >= 0.3 is 6.03 Å². The fourth-order valence-corrected chi connectivity index (χ4v) is 2.26. The molecule has 0 radical (unpaired) electrons. The van der Waals surface area contributed by atoms with E-state index in [1.54, 1.807) is 0 Å². The van der Waals surface area contributed by atoms with E-state index in [9.17, 15) is 9.59 Å². The Morgan fingerprint density at radius 2 is 2.00 bits per heavy atom. The van der Waals surface area contributed by atoms with Crippen LogP contribution in [0.3, 0.4) is 0 Å². The highest BCUT2D eigenvalue weighted by Gasteiger charge is 2.22. The van der Waals surface area contributed by atoms with E-state index in [0.717, 1.165) is 12.8 Å². The number of urea groups is 1. The molecule has 92 valence electrons. The largest absolute Gasteiger partial charge is 0.335 e. The van der Waals surface area contributed by atoms with Gasteiger partial charge in [-0.25, -0.2) is 4.79 Å². The molecule has 3 amide bonds. The second-order valence-corrected chi connectivity index (χ2v) is 4.67. The molecule has 4 nitrogen and oxygen atoms in total. The van der Waals surface area contributed by atoms with Gasteiger partial charge in [-0.05, 0) is 25.7 Å². The number of alkyl halides is 1. The zero-order valence-electron chi connectivity index (χ0n) is 9.59. The summed E-state index contributed by atoms with van der Waals surface area (Å²) in [6.45, 7) is 1.99. The van der Waals surface area contributed by atoms with Gasteiger partial charge in [0.1, 0.15) is 0 Å². The molecule has 1 aliphatic rings. The number of carbonyl (C=O) groups is 2. The third kappa shape index (κ3) is 4.39. The van der Waals surface area contributed by atoms with E-state index >= 15 is 0 Å². The zero-order chi connectivity index (χ0) is 12.0. The summed E-state index contributed by atoms with van der Waals surface area (Å²) in [5, 5.41) is 5.06. The Hall–Kier alpha value is -0.770. The lowest BCUT2D eigenvalue weighted by atomic mass is 10.0. The molecule has 1 unspecified atom stereocenters. The Bertz CT molecular complexity index is 252. The topological polar surface area (TPSA) is 58.2 Å². The maximum absolute atomic E-state index is 11.4. The van der Waals surface area contributed by atoms with Crippen molar-refractivity contribution in [3.8, 4) is 0 Å². The van der Waals surface area contributed by atoms with E-state index in [2.05, 4.69) is 10.6 Å². The van der Waals surface area contributed by atoms with Gasteiger partial charge in [-0.2, -0.15) is 0 Å². The van der Waals surface area contributed by atoms with Gasteiger partial charge in [0.05, 0.1) is 0 Å². The highest BCUT2D eigenvalue weighted by atomic mass is 35.5. The molecular weight excluding hydrogens is 228 g/mol. The number of nitrogens with one attached hydrogen (secondary N) is 2. The van der Waals surface area contributed by atoms with Crippen LogP contribution in [0.2, 0.25) is 0 Å². The SMILES string of the molecule is CC(NC(=O)NC(=O)CCCl)C1CCCC1. The molecule has 1 aliphatic carbocycles. The zero-order valence-corrected chi connectivity index (χ0v) is 10.3. The molecule has 1 rings (SSSR count). The highest BCUT2D eigenvalue weighted by molar-refractivity contribution is 6.19. The number of rotatable bonds is 4. The average Bonchev–Trinajstić information content (AvgIpc) is 2.69. The molecule has 0 saturated heterocycles. The van der Waals surface area contributed by atoms with Crippen LogP contribution in [0.1, 0.15) is 39.0 Å². The summed E-state index contributed by atoms with van der Waals surface area (Å²) in [6.07, 6.45) is 4.98. The monoisotopic (exact) mass is 246 g/mol. The van der Waals surface area contributed by atoms with Crippen molar-refractivity contribution in [1.29, 1.82) is 0 Å². The van der Waals surface area contributed by atoms with Crippen LogP contribution in [0.4, 0.5) is 4.79 Å². The van der Waals surface area contributed by atoms with Gasteiger partial charge in [0.15, 0.2) is 0 Å². The van der Waals surface area contributed by atoms with E-state index in [-0.39, 0.29) is 24.2 Å². The van der Waals surface area contributed by atoms with E-state index in [4.69, 9.17) is 11.6 Å². The van der Waals surface area contributed by atoms with E-state index in [0.29, 0.717) is 5.92 Å². The lowest BCUT2D eigenvalue weighted by Gasteiger charge is -2.20. The molecule has 1 fully saturated rings. The van der Waals surface area contributed by atoms with Crippen LogP contribution in [-0.2, 0) is 4.79 Å². The Morgan fingerprint density at radius 1 is 1.38 bits per heavy atom. The number of halogens is 1. The van der Waals surface area contributed by atoms with E-state index in [1.165, 1.54) is 12.8 Å². The fraction of sp³-hybridized carbons (Fsp3) is 0.818. The molecule has 16 heavy (non-hydrogen) atoms. The minimum Gasteiger partial charge on any atom is -0.335 e. The first-order chi connectivity index (χ1) is 7.63. The minimum absolute atomic E-state index is 0.131. The van der Waals surface area contributed by atoms with Crippen molar-refractivity contribution in [2.75, 3.05) is 5.88 Å². The predicted octanol–water partition coefficient (Wildman–Crippen LogP) is 2.02. The van der Waals surface area contributed by atoms with Gasteiger partial charge in [-0.1, -0.05) is 12.8 Å². The summed E-state index contributed by atoms with van der Waals surface area (Å²) < 4.78 is 0. The third-order valence-electron chi connectivity index (χ3n) is 3.04. The summed E-state index contributed by atoms with van der Waals surface area (Å²) in [4.78, 5) is 22.5. The molecular formula is C11H19ClN2O2. The van der Waals surface area contributed by atoms with Crippen molar-refractivity contribution >= 4 is 23.5 Å². The number of hydrogen-bond donors (Lipinski definition) is 2. The molecule has 2 N–H and O–H groups in total. The molecule has 0 bridgehead atoms. The quantitative estimate of drug-likeness (QED) is 0.746. The molecule has 0 aliphatic heterocycles. The van der Waals surface area contributed by atoms with Crippen LogP contribution >= 0.6 is 11.6 Å². The summed E-state index contributed by atoms with van der Waals surface area (Å²) in [5.74, 6) is 0.456. The molecule has 0 spiro atoms. The van der Waals surface area contributed by atoms with Crippen LogP contribution in [0.5, 0.6) is 0 Å². The van der Waals surface area contributed by atoms with Gasteiger partial charge < -0.3 is 5.32 Å². The molecule has 5 heteroatoms. The molecule has 1 atom stereocenters. The van der Waals surface area contributed by atoms with Crippen LogP contribution in [-0.4, -0.2) is 23.9 Å². The van der Waals surface area contributed by atoms with Crippen LogP contribution in [0.15, 0.2) is 0 Å². The molecule has 0 aromatic rings. The molecule has 0 heterocycles. The summed E-state index contributed by atoms with van der Waals surface area (Å²) in [5.41, 5.74) is 0. The molecule has 0 aromatic heterocycles. The fourth-order valence-electron chi connectivity index (χ4n) is 2.09. The first-order valence-electron chi connectivity index (χ1n) is 5.79. The first kappa shape index (κ1) is 13.3. The summed E-state index contributed by atoms with van der Waals surface area (Å²) in [7, 11) is 0. The number of imide groups is 1.